The molecule has 1 amide bonds. The average molecular weight is 393 g/mol. The van der Waals surface area contributed by atoms with Crippen molar-refractivity contribution in [3.63, 3.8) is 0 Å². The predicted molar refractivity (Wildman–Crippen MR) is 95.2 cm³/mol. The van der Waals surface area contributed by atoms with Gasteiger partial charge in [0.1, 0.15) is 0 Å². The maximum Gasteiger partial charge on any atom is 0.230 e. The van der Waals surface area contributed by atoms with E-state index in [0.717, 1.165) is 33.9 Å². The molecule has 1 aromatic carbocycles. The minimum Gasteiger partial charge on any atom is -0.353 e. The first-order chi connectivity index (χ1) is 11.2. The molecular weight excluding hydrogens is 376 g/mol. The molecule has 0 spiro atoms. The second-order valence-corrected chi connectivity index (χ2v) is 7.20. The Labute approximate surface area is 147 Å². The summed E-state index contributed by atoms with van der Waals surface area (Å²) in [6.45, 7) is 4.40. The summed E-state index contributed by atoms with van der Waals surface area (Å²) in [5.74, 6) is 1.19. The number of carbonyl (C=O) groups is 1. The van der Waals surface area contributed by atoms with E-state index < -0.39 is 0 Å². The molecule has 1 aliphatic rings. The number of hydrogen-bond donors (Lipinski definition) is 1. The molecule has 3 rings (SSSR count). The third kappa shape index (κ3) is 4.23. The lowest BCUT2D eigenvalue weighted by Crippen LogP contribution is -2.27. The Balaban J connectivity index is 1.75. The van der Waals surface area contributed by atoms with Crippen LogP contribution in [0.2, 0.25) is 0 Å². The first-order valence-electron chi connectivity index (χ1n) is 7.39. The van der Waals surface area contributed by atoms with Gasteiger partial charge in [-0.2, -0.15) is 0 Å². The van der Waals surface area contributed by atoms with Gasteiger partial charge in [0.25, 0.3) is 0 Å². The fourth-order valence-electron chi connectivity index (χ4n) is 2.13. The quantitative estimate of drug-likeness (QED) is 0.580. The van der Waals surface area contributed by atoms with Crippen LogP contribution in [-0.2, 0) is 11.3 Å². The van der Waals surface area contributed by atoms with E-state index in [1.807, 2.05) is 28.8 Å². The van der Waals surface area contributed by atoms with Crippen LogP contribution in [0.4, 0.5) is 0 Å². The van der Waals surface area contributed by atoms with Gasteiger partial charge >= 0.3 is 0 Å². The van der Waals surface area contributed by atoms with E-state index in [1.165, 1.54) is 11.8 Å². The highest BCUT2D eigenvalue weighted by atomic mass is 79.9. The van der Waals surface area contributed by atoms with Crippen molar-refractivity contribution in [2.24, 2.45) is 0 Å². The Morgan fingerprint density at radius 3 is 2.78 bits per heavy atom. The zero-order valence-corrected chi connectivity index (χ0v) is 14.9. The predicted octanol–water partition coefficient (Wildman–Crippen LogP) is 3.26. The Kier molecular flexibility index (Phi) is 5.17. The third-order valence-corrected chi connectivity index (χ3v) is 4.90. The minimum atomic E-state index is 0.0517. The van der Waals surface area contributed by atoms with Crippen LogP contribution in [0, 0.1) is 0 Å². The number of hydrogen-bond acceptors (Lipinski definition) is 4. The number of rotatable bonds is 7. The second-order valence-electron chi connectivity index (χ2n) is 5.34. The summed E-state index contributed by atoms with van der Waals surface area (Å²) in [5, 5.41) is 12.2. The molecule has 2 aromatic rings. The lowest BCUT2D eigenvalue weighted by atomic mass is 10.2. The Bertz CT molecular complexity index is 709. The molecule has 0 atom stereocenters. The standard InChI is InChI=1S/C16H17BrN4OS/c1-2-9-21-15(11-3-5-12(17)6-4-11)19-20-16(21)23-10-14(22)18-13-7-8-13/h2-6,13H,1,7-10H2,(H,18,22). The van der Waals surface area contributed by atoms with E-state index in [2.05, 4.69) is 38.0 Å². The molecule has 120 valence electrons. The smallest absolute Gasteiger partial charge is 0.230 e. The largest absolute Gasteiger partial charge is 0.353 e. The van der Waals surface area contributed by atoms with Crippen molar-refractivity contribution in [2.75, 3.05) is 5.75 Å². The average Bonchev–Trinajstić information content (AvgIpc) is 3.26. The molecule has 0 radical (unpaired) electrons. The number of carbonyl (C=O) groups excluding carboxylic acids is 1. The number of benzene rings is 1. The van der Waals surface area contributed by atoms with Crippen molar-refractivity contribution in [1.29, 1.82) is 0 Å². The number of amides is 1. The van der Waals surface area contributed by atoms with Gasteiger partial charge in [0.2, 0.25) is 5.91 Å². The highest BCUT2D eigenvalue weighted by Gasteiger charge is 2.23. The molecule has 0 unspecified atom stereocenters. The lowest BCUT2D eigenvalue weighted by Gasteiger charge is -2.08. The number of nitrogens with zero attached hydrogens (tertiary/aromatic N) is 3. The second kappa shape index (κ2) is 7.31. The molecule has 23 heavy (non-hydrogen) atoms. The van der Waals surface area contributed by atoms with Crippen LogP contribution in [0.25, 0.3) is 11.4 Å². The van der Waals surface area contributed by atoms with Gasteiger partial charge in [-0.1, -0.05) is 45.9 Å². The summed E-state index contributed by atoms with van der Waals surface area (Å²) in [7, 11) is 0. The Morgan fingerprint density at radius 1 is 1.39 bits per heavy atom. The van der Waals surface area contributed by atoms with Crippen molar-refractivity contribution in [3.05, 3.63) is 41.4 Å². The molecule has 1 heterocycles. The van der Waals surface area contributed by atoms with Crippen LogP contribution in [0.5, 0.6) is 0 Å². The summed E-state index contributed by atoms with van der Waals surface area (Å²) >= 11 is 4.83. The fourth-order valence-corrected chi connectivity index (χ4v) is 3.15. The van der Waals surface area contributed by atoms with E-state index >= 15 is 0 Å². The number of aromatic nitrogens is 3. The molecule has 0 saturated heterocycles. The molecule has 0 aliphatic heterocycles. The van der Waals surface area contributed by atoms with Crippen molar-refractivity contribution in [1.82, 2.24) is 20.1 Å². The summed E-state index contributed by atoms with van der Waals surface area (Å²) in [4.78, 5) is 11.8. The number of thioether (sulfide) groups is 1. The molecule has 1 aromatic heterocycles. The van der Waals surface area contributed by atoms with Crippen LogP contribution < -0.4 is 5.32 Å². The van der Waals surface area contributed by atoms with E-state index in [1.54, 1.807) is 6.08 Å². The van der Waals surface area contributed by atoms with E-state index in [-0.39, 0.29) is 5.91 Å². The Morgan fingerprint density at radius 2 is 2.13 bits per heavy atom. The summed E-state index contributed by atoms with van der Waals surface area (Å²) < 4.78 is 2.99. The van der Waals surface area contributed by atoms with E-state index in [0.29, 0.717) is 18.3 Å². The number of allylic oxidation sites excluding steroid dienone is 1. The minimum absolute atomic E-state index is 0.0517. The van der Waals surface area contributed by atoms with Gasteiger partial charge in [-0.25, -0.2) is 0 Å². The van der Waals surface area contributed by atoms with Crippen LogP contribution in [0.15, 0.2) is 46.5 Å². The molecule has 0 bridgehead atoms. The van der Waals surface area contributed by atoms with Crippen molar-refractivity contribution >= 4 is 33.6 Å². The fraction of sp³-hybridized carbons (Fsp3) is 0.312. The van der Waals surface area contributed by atoms with Crippen LogP contribution in [0.1, 0.15) is 12.8 Å². The molecule has 1 N–H and O–H groups in total. The summed E-state index contributed by atoms with van der Waals surface area (Å²) in [6.07, 6.45) is 3.99. The van der Waals surface area contributed by atoms with Gasteiger partial charge in [0, 0.05) is 22.6 Å². The number of nitrogens with one attached hydrogen (secondary N) is 1. The SMILES string of the molecule is C=CCn1c(SCC(=O)NC2CC2)nnc1-c1ccc(Br)cc1. The molecule has 5 nitrogen and oxygen atoms in total. The molecule has 1 aliphatic carbocycles. The van der Waals surface area contributed by atoms with Gasteiger partial charge in [0.05, 0.1) is 5.75 Å². The maximum atomic E-state index is 11.8. The topological polar surface area (TPSA) is 59.8 Å². The molecule has 7 heteroatoms. The van der Waals surface area contributed by atoms with Gasteiger partial charge < -0.3 is 5.32 Å². The van der Waals surface area contributed by atoms with E-state index in [9.17, 15) is 4.79 Å². The monoisotopic (exact) mass is 392 g/mol. The molecule has 1 saturated carbocycles. The number of halogens is 1. The third-order valence-electron chi connectivity index (χ3n) is 3.41. The maximum absolute atomic E-state index is 11.8. The van der Waals surface area contributed by atoms with Crippen molar-refractivity contribution in [3.8, 4) is 11.4 Å². The zero-order valence-electron chi connectivity index (χ0n) is 12.5. The van der Waals surface area contributed by atoms with Crippen LogP contribution in [0.3, 0.4) is 0 Å². The van der Waals surface area contributed by atoms with Crippen molar-refractivity contribution < 1.29 is 4.79 Å². The van der Waals surface area contributed by atoms with Gasteiger partial charge in [0.15, 0.2) is 11.0 Å². The summed E-state index contributed by atoms with van der Waals surface area (Å²) in [5.41, 5.74) is 0.983. The normalized spacial score (nSPS) is 13.8. The van der Waals surface area contributed by atoms with Gasteiger partial charge in [-0.05, 0) is 25.0 Å². The molecule has 1 fully saturated rings. The van der Waals surface area contributed by atoms with Crippen LogP contribution >= 0.6 is 27.7 Å². The Hall–Kier alpha value is -1.60. The molecular formula is C16H17BrN4OS. The summed E-state index contributed by atoms with van der Waals surface area (Å²) in [6, 6.07) is 8.30. The van der Waals surface area contributed by atoms with Gasteiger partial charge in [-0.15, -0.1) is 16.8 Å². The first-order valence-corrected chi connectivity index (χ1v) is 9.17. The zero-order chi connectivity index (χ0) is 16.2. The van der Waals surface area contributed by atoms with Crippen LogP contribution in [-0.4, -0.2) is 32.5 Å². The highest BCUT2D eigenvalue weighted by molar-refractivity contribution is 9.10. The van der Waals surface area contributed by atoms with Crippen molar-refractivity contribution in [2.45, 2.75) is 30.6 Å². The highest BCUT2D eigenvalue weighted by Crippen LogP contribution is 2.25. The first kappa shape index (κ1) is 16.3. The van der Waals surface area contributed by atoms with E-state index in [4.69, 9.17) is 0 Å². The van der Waals surface area contributed by atoms with Gasteiger partial charge in [-0.3, -0.25) is 9.36 Å². The lowest BCUT2D eigenvalue weighted by molar-refractivity contribution is -0.118.